The van der Waals surface area contributed by atoms with E-state index in [1.165, 1.54) is 25.1 Å². The van der Waals surface area contributed by atoms with Gasteiger partial charge in [-0.15, -0.1) is 0 Å². The number of carbonyl (C=O) groups is 1. The number of nitrogens with one attached hydrogen (secondary N) is 1. The zero-order chi connectivity index (χ0) is 21.8. The quantitative estimate of drug-likeness (QED) is 0.573. The number of nitrogens with zero attached hydrogens (tertiary/aromatic N) is 1. The Kier molecular flexibility index (Phi) is 8.05. The minimum Gasteiger partial charge on any atom is -0.492 e. The first-order chi connectivity index (χ1) is 13.5. The monoisotopic (exact) mass is 478 g/mol. The zero-order valence-electron chi connectivity index (χ0n) is 16.1. The smallest absolute Gasteiger partial charge is 0.243 e. The van der Waals surface area contributed by atoms with Crippen molar-refractivity contribution < 1.29 is 17.9 Å². The largest absolute Gasteiger partial charge is 0.492 e. The molecule has 0 aromatic heterocycles. The summed E-state index contributed by atoms with van der Waals surface area (Å²) in [6, 6.07) is 8.67. The molecule has 0 radical (unpaired) electrons. The molecule has 0 bridgehead atoms. The Balaban J connectivity index is 2.01. The average Bonchev–Trinajstić information content (AvgIpc) is 2.63. The molecule has 0 aliphatic rings. The Morgan fingerprint density at radius 1 is 1.10 bits per heavy atom. The van der Waals surface area contributed by atoms with Crippen molar-refractivity contribution in [3.8, 4) is 5.75 Å². The summed E-state index contributed by atoms with van der Waals surface area (Å²) in [5.41, 5.74) is 1.18. The van der Waals surface area contributed by atoms with Crippen LogP contribution in [0.1, 0.15) is 12.5 Å². The van der Waals surface area contributed by atoms with Crippen LogP contribution in [-0.2, 0) is 14.8 Å². The predicted octanol–water partition coefficient (Wildman–Crippen LogP) is 4.30. The molecule has 2 aromatic carbocycles. The number of halogens is 3. The third-order valence-corrected chi connectivity index (χ3v) is 6.45. The van der Waals surface area contributed by atoms with Crippen molar-refractivity contribution in [1.29, 1.82) is 0 Å². The molecule has 0 saturated carbocycles. The lowest BCUT2D eigenvalue weighted by Crippen LogP contribution is -2.48. The first-order valence-corrected chi connectivity index (χ1v) is 11.6. The zero-order valence-corrected chi connectivity index (χ0v) is 19.2. The van der Waals surface area contributed by atoms with E-state index in [0.717, 1.165) is 16.1 Å². The fraction of sp³-hybridized carbons (Fsp3) is 0.316. The maximum absolute atomic E-state index is 12.5. The molecule has 2 rings (SSSR count). The van der Waals surface area contributed by atoms with E-state index in [1.54, 1.807) is 12.1 Å². The number of aryl methyl sites for hydroxylation is 1. The van der Waals surface area contributed by atoms with Gasteiger partial charge in [0.25, 0.3) is 0 Å². The maximum atomic E-state index is 12.5. The fourth-order valence-corrected chi connectivity index (χ4v) is 4.21. The van der Waals surface area contributed by atoms with Gasteiger partial charge >= 0.3 is 0 Å². The lowest BCUT2D eigenvalue weighted by atomic mass is 10.2. The van der Waals surface area contributed by atoms with Gasteiger partial charge in [-0.05, 0) is 49.7 Å². The Morgan fingerprint density at radius 3 is 2.38 bits per heavy atom. The van der Waals surface area contributed by atoms with E-state index >= 15 is 0 Å². The molecule has 0 aliphatic heterocycles. The highest BCUT2D eigenvalue weighted by molar-refractivity contribution is 7.92. The first-order valence-electron chi connectivity index (χ1n) is 8.62. The van der Waals surface area contributed by atoms with Crippen LogP contribution in [-0.4, -0.2) is 39.8 Å². The Morgan fingerprint density at radius 2 is 1.79 bits per heavy atom. The highest BCUT2D eigenvalue weighted by Crippen LogP contribution is 2.29. The SMILES string of the molecule is Cc1ccc(OCCNC(=O)[C@H](C)N(c2ccc(Cl)c(Cl)c2)S(C)(=O)=O)cc1Cl. The lowest BCUT2D eigenvalue weighted by Gasteiger charge is -2.28. The van der Waals surface area contributed by atoms with Crippen molar-refractivity contribution in [2.45, 2.75) is 19.9 Å². The van der Waals surface area contributed by atoms with E-state index in [4.69, 9.17) is 39.5 Å². The van der Waals surface area contributed by atoms with Gasteiger partial charge in [0.1, 0.15) is 18.4 Å². The van der Waals surface area contributed by atoms with Gasteiger partial charge in [0.05, 0.1) is 28.5 Å². The summed E-state index contributed by atoms with van der Waals surface area (Å²) in [5, 5.41) is 3.73. The number of hydrogen-bond donors (Lipinski definition) is 1. The second-order valence-electron chi connectivity index (χ2n) is 6.38. The van der Waals surface area contributed by atoms with E-state index in [9.17, 15) is 13.2 Å². The molecule has 0 aliphatic carbocycles. The van der Waals surface area contributed by atoms with Crippen molar-refractivity contribution in [1.82, 2.24) is 5.32 Å². The first kappa shape index (κ1) is 23.6. The van der Waals surface area contributed by atoms with Gasteiger partial charge in [0, 0.05) is 5.02 Å². The van der Waals surface area contributed by atoms with Crippen LogP contribution in [0.15, 0.2) is 36.4 Å². The van der Waals surface area contributed by atoms with Crippen LogP contribution in [0.3, 0.4) is 0 Å². The molecule has 1 amide bonds. The topological polar surface area (TPSA) is 75.7 Å². The second-order valence-corrected chi connectivity index (χ2v) is 9.46. The Bertz CT molecular complexity index is 999. The summed E-state index contributed by atoms with van der Waals surface area (Å²) in [4.78, 5) is 12.5. The molecule has 0 heterocycles. The summed E-state index contributed by atoms with van der Waals surface area (Å²) in [7, 11) is -3.75. The number of amides is 1. The van der Waals surface area contributed by atoms with Gasteiger partial charge in [-0.3, -0.25) is 9.10 Å². The van der Waals surface area contributed by atoms with Crippen molar-refractivity contribution in [2.75, 3.05) is 23.7 Å². The number of hydrogen-bond acceptors (Lipinski definition) is 4. The van der Waals surface area contributed by atoms with Gasteiger partial charge in [0.2, 0.25) is 15.9 Å². The van der Waals surface area contributed by atoms with Crippen LogP contribution in [0.2, 0.25) is 15.1 Å². The van der Waals surface area contributed by atoms with E-state index in [0.29, 0.717) is 10.8 Å². The molecule has 158 valence electrons. The van der Waals surface area contributed by atoms with E-state index in [2.05, 4.69) is 5.32 Å². The summed E-state index contributed by atoms with van der Waals surface area (Å²) >= 11 is 17.9. The van der Waals surface area contributed by atoms with Gasteiger partial charge < -0.3 is 10.1 Å². The van der Waals surface area contributed by atoms with E-state index in [1.807, 2.05) is 13.0 Å². The van der Waals surface area contributed by atoms with Crippen LogP contribution < -0.4 is 14.4 Å². The van der Waals surface area contributed by atoms with Crippen LogP contribution in [0, 0.1) is 6.92 Å². The highest BCUT2D eigenvalue weighted by atomic mass is 35.5. The van der Waals surface area contributed by atoms with Crippen LogP contribution in [0.25, 0.3) is 0 Å². The number of ether oxygens (including phenoxy) is 1. The van der Waals surface area contributed by atoms with Crippen LogP contribution >= 0.6 is 34.8 Å². The normalized spacial score (nSPS) is 12.3. The highest BCUT2D eigenvalue weighted by Gasteiger charge is 2.29. The number of benzene rings is 2. The minimum atomic E-state index is -3.75. The molecule has 0 spiro atoms. The Labute approximate surface area is 185 Å². The third-order valence-electron chi connectivity index (χ3n) is 4.06. The summed E-state index contributed by atoms with van der Waals surface area (Å²) < 4.78 is 31.1. The summed E-state index contributed by atoms with van der Waals surface area (Å²) in [6.45, 7) is 3.76. The van der Waals surface area contributed by atoms with Gasteiger partial charge in [-0.2, -0.15) is 0 Å². The molecule has 1 atom stereocenters. The average molecular weight is 480 g/mol. The number of rotatable bonds is 8. The summed E-state index contributed by atoms with van der Waals surface area (Å²) in [5.74, 6) is 0.100. The number of carbonyl (C=O) groups excluding carboxylic acids is 1. The molecule has 10 heteroatoms. The van der Waals surface area contributed by atoms with Gasteiger partial charge in [-0.25, -0.2) is 8.42 Å². The molecule has 1 N–H and O–H groups in total. The second kappa shape index (κ2) is 9.89. The molecule has 0 fully saturated rings. The Hall–Kier alpha value is -1.67. The standard InChI is InChI=1S/C19H21Cl3N2O4S/c1-12-4-6-15(11-17(12)21)28-9-8-23-19(25)13(2)24(29(3,26)27)14-5-7-16(20)18(22)10-14/h4-7,10-11,13H,8-9H2,1-3H3,(H,23,25)/t13-/m0/s1. The van der Waals surface area contributed by atoms with Gasteiger partial charge in [-0.1, -0.05) is 40.9 Å². The molecule has 29 heavy (non-hydrogen) atoms. The van der Waals surface area contributed by atoms with Crippen molar-refractivity contribution >= 4 is 56.4 Å². The van der Waals surface area contributed by atoms with Crippen LogP contribution in [0.4, 0.5) is 5.69 Å². The summed E-state index contributed by atoms with van der Waals surface area (Å²) in [6.07, 6.45) is 1.02. The predicted molar refractivity (Wildman–Crippen MR) is 118 cm³/mol. The fourth-order valence-electron chi connectivity index (χ4n) is 2.59. The minimum absolute atomic E-state index is 0.188. The van der Waals surface area contributed by atoms with Gasteiger partial charge in [0.15, 0.2) is 0 Å². The number of anilines is 1. The van der Waals surface area contributed by atoms with Crippen molar-refractivity contribution in [2.24, 2.45) is 0 Å². The molecule has 6 nitrogen and oxygen atoms in total. The van der Waals surface area contributed by atoms with Crippen LogP contribution in [0.5, 0.6) is 5.75 Å². The molecular weight excluding hydrogens is 459 g/mol. The van der Waals surface area contributed by atoms with Crippen molar-refractivity contribution in [3.63, 3.8) is 0 Å². The van der Waals surface area contributed by atoms with E-state index in [-0.39, 0.29) is 28.9 Å². The molecule has 0 saturated heterocycles. The maximum Gasteiger partial charge on any atom is 0.243 e. The lowest BCUT2D eigenvalue weighted by molar-refractivity contribution is -0.121. The number of sulfonamides is 1. The van der Waals surface area contributed by atoms with Crippen molar-refractivity contribution in [3.05, 3.63) is 57.0 Å². The third kappa shape index (κ3) is 6.40. The molecule has 0 unspecified atom stereocenters. The van der Waals surface area contributed by atoms with E-state index < -0.39 is 22.0 Å². The molecule has 2 aromatic rings. The molecular formula is C19H21Cl3N2O4S.